The first-order valence-corrected chi connectivity index (χ1v) is 8.98. The zero-order chi connectivity index (χ0) is 13.6. The van der Waals surface area contributed by atoms with Crippen LogP contribution in [0, 0.1) is 11.8 Å². The Morgan fingerprint density at radius 2 is 1.74 bits per heavy atom. The van der Waals surface area contributed by atoms with Gasteiger partial charge in [0.1, 0.15) is 0 Å². The van der Waals surface area contributed by atoms with Crippen molar-refractivity contribution in [2.24, 2.45) is 11.8 Å². The summed E-state index contributed by atoms with van der Waals surface area (Å²) in [5, 5.41) is 3.51. The van der Waals surface area contributed by atoms with Crippen LogP contribution in [0.25, 0.3) is 0 Å². The van der Waals surface area contributed by atoms with E-state index in [1.807, 2.05) is 0 Å². The Bertz CT molecular complexity index is 419. The monoisotopic (exact) mass is 287 g/mol. The van der Waals surface area contributed by atoms with Crippen molar-refractivity contribution in [3.05, 3.63) is 0 Å². The average Bonchev–Trinajstić information content (AvgIpc) is 2.99. The molecule has 4 atom stereocenters. The van der Waals surface area contributed by atoms with Gasteiger partial charge in [-0.15, -0.1) is 0 Å². The van der Waals surface area contributed by atoms with Gasteiger partial charge in [0, 0.05) is 26.2 Å². The van der Waals surface area contributed by atoms with Crippen molar-refractivity contribution in [3.63, 3.8) is 0 Å². The summed E-state index contributed by atoms with van der Waals surface area (Å²) in [7, 11) is 0.203. The largest absolute Gasteiger partial charge is 0.316 e. The molecule has 5 nitrogen and oxygen atoms in total. The van der Waals surface area contributed by atoms with Crippen molar-refractivity contribution < 1.29 is 8.42 Å². The summed E-state index contributed by atoms with van der Waals surface area (Å²) in [6.45, 7) is 3.28. The predicted octanol–water partition coefficient (Wildman–Crippen LogP) is -0.0499. The number of rotatable bonds is 5. The third-order valence-electron chi connectivity index (χ3n) is 5.28. The quantitative estimate of drug-likeness (QED) is 0.770. The van der Waals surface area contributed by atoms with Crippen LogP contribution in [-0.2, 0) is 10.0 Å². The SMILES string of the molecule is CN(C)S(=O)(=O)CCCN1[C@@H]2CC[C@H]1[C@H]1CNC[C@H]12. The Morgan fingerprint density at radius 1 is 1.16 bits per heavy atom. The molecule has 1 N–H and O–H groups in total. The van der Waals surface area contributed by atoms with Crippen LogP contribution in [0.2, 0.25) is 0 Å². The summed E-state index contributed by atoms with van der Waals surface area (Å²) in [5.74, 6) is 1.93. The highest BCUT2D eigenvalue weighted by atomic mass is 32.2. The predicted molar refractivity (Wildman–Crippen MR) is 75.5 cm³/mol. The van der Waals surface area contributed by atoms with E-state index in [2.05, 4.69) is 10.2 Å². The van der Waals surface area contributed by atoms with Gasteiger partial charge < -0.3 is 5.32 Å². The van der Waals surface area contributed by atoms with E-state index < -0.39 is 10.0 Å². The molecule has 19 heavy (non-hydrogen) atoms. The minimum absolute atomic E-state index is 0.281. The van der Waals surface area contributed by atoms with E-state index in [1.165, 1.54) is 30.2 Å². The molecule has 110 valence electrons. The molecule has 0 radical (unpaired) electrons. The maximum absolute atomic E-state index is 11.8. The molecular formula is C13H25N3O2S. The molecule has 0 amide bonds. The topological polar surface area (TPSA) is 52.7 Å². The number of nitrogens with zero attached hydrogens (tertiary/aromatic N) is 2. The van der Waals surface area contributed by atoms with Gasteiger partial charge in [0.15, 0.2) is 0 Å². The van der Waals surface area contributed by atoms with Gasteiger partial charge in [-0.25, -0.2) is 12.7 Å². The summed E-state index contributed by atoms with van der Waals surface area (Å²) >= 11 is 0. The first kappa shape index (κ1) is 13.8. The lowest BCUT2D eigenvalue weighted by Gasteiger charge is -2.24. The second kappa shape index (κ2) is 4.98. The Labute approximate surface area is 116 Å². The number of hydrogen-bond acceptors (Lipinski definition) is 4. The summed E-state index contributed by atoms with van der Waals surface area (Å²) in [6, 6.07) is 1.43. The van der Waals surface area contributed by atoms with Gasteiger partial charge in [0.25, 0.3) is 0 Å². The fourth-order valence-electron chi connectivity index (χ4n) is 4.35. The fraction of sp³-hybridized carbons (Fsp3) is 1.00. The second-order valence-corrected chi connectivity index (χ2v) is 8.69. The van der Waals surface area contributed by atoms with E-state index in [0.717, 1.165) is 24.8 Å². The third kappa shape index (κ3) is 2.33. The number of hydrogen-bond donors (Lipinski definition) is 1. The lowest BCUT2D eigenvalue weighted by molar-refractivity contribution is 0.228. The van der Waals surface area contributed by atoms with E-state index >= 15 is 0 Å². The Kier molecular flexibility index (Phi) is 3.62. The Morgan fingerprint density at radius 3 is 2.26 bits per heavy atom. The molecule has 0 spiro atoms. The molecule has 0 aliphatic carbocycles. The van der Waals surface area contributed by atoms with Crippen LogP contribution in [0.5, 0.6) is 0 Å². The highest BCUT2D eigenvalue weighted by molar-refractivity contribution is 7.89. The van der Waals surface area contributed by atoms with Gasteiger partial charge >= 0.3 is 0 Å². The summed E-state index contributed by atoms with van der Waals surface area (Å²) in [6.07, 6.45) is 3.39. The minimum atomic E-state index is -3.03. The molecule has 0 aromatic carbocycles. The van der Waals surface area contributed by atoms with Crippen LogP contribution in [-0.4, -0.2) is 69.2 Å². The van der Waals surface area contributed by atoms with E-state index in [1.54, 1.807) is 14.1 Å². The smallest absolute Gasteiger partial charge is 0.213 e. The maximum Gasteiger partial charge on any atom is 0.213 e. The van der Waals surface area contributed by atoms with Crippen LogP contribution in [0.15, 0.2) is 0 Å². The Balaban J connectivity index is 1.55. The molecule has 0 unspecified atom stereocenters. The zero-order valence-electron chi connectivity index (χ0n) is 11.9. The van der Waals surface area contributed by atoms with E-state index in [0.29, 0.717) is 12.1 Å². The molecule has 0 saturated carbocycles. The molecule has 0 aromatic heterocycles. The minimum Gasteiger partial charge on any atom is -0.316 e. The first-order chi connectivity index (χ1) is 9.00. The third-order valence-corrected chi connectivity index (χ3v) is 7.20. The Hall–Kier alpha value is -0.170. The van der Waals surface area contributed by atoms with Gasteiger partial charge in [-0.3, -0.25) is 4.90 Å². The lowest BCUT2D eigenvalue weighted by atomic mass is 9.82. The number of sulfonamides is 1. The zero-order valence-corrected chi connectivity index (χ0v) is 12.7. The highest BCUT2D eigenvalue weighted by Gasteiger charge is 2.53. The van der Waals surface area contributed by atoms with Crippen LogP contribution in [0.4, 0.5) is 0 Å². The van der Waals surface area contributed by atoms with Crippen molar-refractivity contribution in [2.45, 2.75) is 31.3 Å². The number of nitrogens with one attached hydrogen (secondary N) is 1. The highest BCUT2D eigenvalue weighted by Crippen LogP contribution is 2.47. The second-order valence-electron chi connectivity index (χ2n) is 6.39. The normalized spacial score (nSPS) is 38.3. The molecule has 3 saturated heterocycles. The van der Waals surface area contributed by atoms with Crippen LogP contribution >= 0.6 is 0 Å². The standard InChI is InChI=1S/C13H25N3O2S/c1-15(2)19(17,18)7-3-6-16-12-4-5-13(16)11-9-14-8-10(11)12/h10-14H,3-9H2,1-2H3/t10-,11+,12-,13+. The van der Waals surface area contributed by atoms with Crippen molar-refractivity contribution in [2.75, 3.05) is 39.5 Å². The van der Waals surface area contributed by atoms with Crippen molar-refractivity contribution >= 4 is 10.0 Å². The maximum atomic E-state index is 11.8. The molecule has 3 aliphatic rings. The van der Waals surface area contributed by atoms with Gasteiger partial charge in [0.05, 0.1) is 5.75 Å². The van der Waals surface area contributed by atoms with Crippen LogP contribution in [0.1, 0.15) is 19.3 Å². The number of fused-ring (bicyclic) bond motifs is 5. The van der Waals surface area contributed by atoms with E-state index in [4.69, 9.17) is 0 Å². The summed E-state index contributed by atoms with van der Waals surface area (Å²) < 4.78 is 24.9. The summed E-state index contributed by atoms with van der Waals surface area (Å²) in [5.41, 5.74) is 0. The molecule has 2 bridgehead atoms. The molecule has 3 fully saturated rings. The summed E-state index contributed by atoms with van der Waals surface area (Å²) in [4.78, 5) is 2.61. The van der Waals surface area contributed by atoms with Crippen molar-refractivity contribution in [1.29, 1.82) is 0 Å². The van der Waals surface area contributed by atoms with Gasteiger partial charge in [0.2, 0.25) is 10.0 Å². The van der Waals surface area contributed by atoms with Crippen LogP contribution < -0.4 is 5.32 Å². The lowest BCUT2D eigenvalue weighted by Crippen LogP contribution is -2.36. The van der Waals surface area contributed by atoms with Crippen LogP contribution in [0.3, 0.4) is 0 Å². The van der Waals surface area contributed by atoms with Crippen molar-refractivity contribution in [1.82, 2.24) is 14.5 Å². The average molecular weight is 287 g/mol. The van der Waals surface area contributed by atoms with E-state index in [9.17, 15) is 8.42 Å². The molecule has 3 rings (SSSR count). The van der Waals surface area contributed by atoms with Gasteiger partial charge in [-0.05, 0) is 50.7 Å². The fourth-order valence-corrected chi connectivity index (χ4v) is 5.20. The molecule has 0 aromatic rings. The first-order valence-electron chi connectivity index (χ1n) is 7.37. The molecule has 6 heteroatoms. The molecule has 3 heterocycles. The van der Waals surface area contributed by atoms with Crippen molar-refractivity contribution in [3.8, 4) is 0 Å². The van der Waals surface area contributed by atoms with Gasteiger partial charge in [-0.2, -0.15) is 0 Å². The van der Waals surface area contributed by atoms with Gasteiger partial charge in [-0.1, -0.05) is 0 Å². The molecular weight excluding hydrogens is 262 g/mol. The molecule has 3 aliphatic heterocycles. The van der Waals surface area contributed by atoms with E-state index in [-0.39, 0.29) is 5.75 Å².